The van der Waals surface area contributed by atoms with Crippen LogP contribution in [0.3, 0.4) is 0 Å². The van der Waals surface area contributed by atoms with Crippen molar-refractivity contribution in [3.05, 3.63) is 29.6 Å². The van der Waals surface area contributed by atoms with E-state index in [1.165, 1.54) is 12.4 Å². The molecule has 1 aliphatic heterocycles. The highest BCUT2D eigenvalue weighted by atomic mass is 19.4. The lowest BCUT2D eigenvalue weighted by molar-refractivity contribution is -0.138. The maximum absolute atomic E-state index is 13.1. The number of rotatable bonds is 4. The number of hydrogen-bond acceptors (Lipinski definition) is 3. The first-order chi connectivity index (χ1) is 9.43. The van der Waals surface area contributed by atoms with E-state index in [4.69, 9.17) is 4.74 Å². The van der Waals surface area contributed by atoms with Crippen molar-refractivity contribution in [3.8, 4) is 0 Å². The van der Waals surface area contributed by atoms with Crippen molar-refractivity contribution < 1.29 is 17.9 Å². The van der Waals surface area contributed by atoms with Crippen LogP contribution in [0.5, 0.6) is 0 Å². The molecule has 0 saturated carbocycles. The third-order valence-corrected chi connectivity index (χ3v) is 3.62. The zero-order valence-electron chi connectivity index (χ0n) is 11.6. The van der Waals surface area contributed by atoms with Gasteiger partial charge in [0.15, 0.2) is 0 Å². The predicted octanol–water partition coefficient (Wildman–Crippen LogP) is 3.18. The largest absolute Gasteiger partial charge is 0.416 e. The van der Waals surface area contributed by atoms with Crippen LogP contribution >= 0.6 is 0 Å². The minimum atomic E-state index is -4.36. The summed E-state index contributed by atoms with van der Waals surface area (Å²) >= 11 is 0. The number of aromatic nitrogens is 1. The SMILES string of the molecule is CCNC(c1cnccc1C(F)(F)F)C1COC(C)C1. The summed E-state index contributed by atoms with van der Waals surface area (Å²) in [6.45, 7) is 4.90. The standard InChI is InChI=1S/C14H19F3N2O/c1-3-19-13(10-6-9(2)20-8-10)11-7-18-5-4-12(11)14(15,16)17/h4-5,7,9-10,13,19H,3,6,8H2,1-2H3. The number of hydrogen-bond donors (Lipinski definition) is 1. The first kappa shape index (κ1) is 15.3. The maximum atomic E-state index is 13.1. The molecule has 0 amide bonds. The fraction of sp³-hybridized carbons (Fsp3) is 0.643. The number of ether oxygens (including phenoxy) is 1. The molecule has 1 N–H and O–H groups in total. The molecule has 2 rings (SSSR count). The smallest absolute Gasteiger partial charge is 0.378 e. The third kappa shape index (κ3) is 3.30. The molecule has 3 nitrogen and oxygen atoms in total. The van der Waals surface area contributed by atoms with Gasteiger partial charge in [0.2, 0.25) is 0 Å². The Kier molecular flexibility index (Phi) is 4.65. The van der Waals surface area contributed by atoms with E-state index in [-0.39, 0.29) is 23.6 Å². The summed E-state index contributed by atoms with van der Waals surface area (Å²) in [5.74, 6) is 0.0373. The van der Waals surface area contributed by atoms with Gasteiger partial charge in [-0.2, -0.15) is 13.2 Å². The summed E-state index contributed by atoms with van der Waals surface area (Å²) in [5.41, 5.74) is -0.400. The Morgan fingerprint density at radius 1 is 1.50 bits per heavy atom. The van der Waals surface area contributed by atoms with Crippen molar-refractivity contribution in [2.45, 2.75) is 38.6 Å². The molecule has 3 atom stereocenters. The van der Waals surface area contributed by atoms with Crippen LogP contribution in [0.1, 0.15) is 37.4 Å². The zero-order valence-corrected chi connectivity index (χ0v) is 11.6. The highest BCUT2D eigenvalue weighted by Crippen LogP contribution is 2.38. The van der Waals surface area contributed by atoms with Crippen molar-refractivity contribution in [2.24, 2.45) is 5.92 Å². The van der Waals surface area contributed by atoms with Gasteiger partial charge in [-0.1, -0.05) is 6.92 Å². The Balaban J connectivity index is 2.34. The van der Waals surface area contributed by atoms with E-state index >= 15 is 0 Å². The molecule has 1 fully saturated rings. The van der Waals surface area contributed by atoms with Crippen LogP contribution in [0.2, 0.25) is 0 Å². The van der Waals surface area contributed by atoms with Gasteiger partial charge in [-0.3, -0.25) is 4.98 Å². The quantitative estimate of drug-likeness (QED) is 0.924. The Hall–Kier alpha value is -1.14. The molecule has 6 heteroatoms. The van der Waals surface area contributed by atoms with Crippen LogP contribution in [0, 0.1) is 5.92 Å². The lowest BCUT2D eigenvalue weighted by Crippen LogP contribution is -2.31. The minimum Gasteiger partial charge on any atom is -0.378 e. The molecular formula is C14H19F3N2O. The van der Waals surface area contributed by atoms with Crippen molar-refractivity contribution >= 4 is 0 Å². The first-order valence-electron chi connectivity index (χ1n) is 6.79. The van der Waals surface area contributed by atoms with Gasteiger partial charge >= 0.3 is 6.18 Å². The predicted molar refractivity (Wildman–Crippen MR) is 69.2 cm³/mol. The van der Waals surface area contributed by atoms with Crippen LogP contribution in [0.4, 0.5) is 13.2 Å². The number of halogens is 3. The number of alkyl halides is 3. The summed E-state index contributed by atoms with van der Waals surface area (Å²) in [4.78, 5) is 3.87. The minimum absolute atomic E-state index is 0.0373. The van der Waals surface area contributed by atoms with Gasteiger partial charge in [0, 0.05) is 24.4 Å². The molecule has 112 valence electrons. The van der Waals surface area contributed by atoms with Gasteiger partial charge in [0.05, 0.1) is 18.3 Å². The normalized spacial score (nSPS) is 24.9. The Bertz CT molecular complexity index is 450. The van der Waals surface area contributed by atoms with Crippen LogP contribution < -0.4 is 5.32 Å². The van der Waals surface area contributed by atoms with Gasteiger partial charge < -0.3 is 10.1 Å². The van der Waals surface area contributed by atoms with E-state index in [9.17, 15) is 13.2 Å². The van der Waals surface area contributed by atoms with Crippen LogP contribution in [-0.2, 0) is 10.9 Å². The summed E-state index contributed by atoms with van der Waals surface area (Å²) in [7, 11) is 0. The molecule has 1 aromatic rings. The van der Waals surface area contributed by atoms with Crippen LogP contribution in [-0.4, -0.2) is 24.2 Å². The van der Waals surface area contributed by atoms with E-state index < -0.39 is 11.7 Å². The number of nitrogens with zero attached hydrogens (tertiary/aromatic N) is 1. The van der Waals surface area contributed by atoms with Crippen molar-refractivity contribution in [3.63, 3.8) is 0 Å². The second-order valence-electron chi connectivity index (χ2n) is 5.14. The molecule has 2 heterocycles. The highest BCUT2D eigenvalue weighted by molar-refractivity contribution is 5.30. The summed E-state index contributed by atoms with van der Waals surface area (Å²) in [5, 5.41) is 3.15. The average molecular weight is 288 g/mol. The van der Waals surface area contributed by atoms with E-state index in [0.29, 0.717) is 13.2 Å². The number of nitrogens with one attached hydrogen (secondary N) is 1. The molecule has 1 aliphatic rings. The number of pyridine rings is 1. The van der Waals surface area contributed by atoms with Gasteiger partial charge in [-0.05, 0) is 31.5 Å². The summed E-state index contributed by atoms with van der Waals surface area (Å²) < 4.78 is 44.9. The van der Waals surface area contributed by atoms with Crippen LogP contribution in [0.25, 0.3) is 0 Å². The maximum Gasteiger partial charge on any atom is 0.416 e. The molecule has 20 heavy (non-hydrogen) atoms. The Labute approximate surface area is 116 Å². The Morgan fingerprint density at radius 3 is 2.80 bits per heavy atom. The second-order valence-corrected chi connectivity index (χ2v) is 5.14. The topological polar surface area (TPSA) is 34.2 Å². The van der Waals surface area contributed by atoms with Gasteiger partial charge in [0.1, 0.15) is 0 Å². The summed E-state index contributed by atoms with van der Waals surface area (Å²) in [6.07, 6.45) is -1.02. The molecule has 1 saturated heterocycles. The molecule has 0 bridgehead atoms. The van der Waals surface area contributed by atoms with Crippen molar-refractivity contribution in [1.29, 1.82) is 0 Å². The molecule has 0 spiro atoms. The molecule has 0 radical (unpaired) electrons. The zero-order chi connectivity index (χ0) is 14.8. The fourth-order valence-electron chi connectivity index (χ4n) is 2.75. The van der Waals surface area contributed by atoms with E-state index in [1.807, 2.05) is 13.8 Å². The summed E-state index contributed by atoms with van der Waals surface area (Å²) in [6, 6.07) is 0.661. The Morgan fingerprint density at radius 2 is 2.25 bits per heavy atom. The van der Waals surface area contributed by atoms with Crippen molar-refractivity contribution in [2.75, 3.05) is 13.2 Å². The molecule has 0 aromatic carbocycles. The fourth-order valence-corrected chi connectivity index (χ4v) is 2.75. The molecular weight excluding hydrogens is 269 g/mol. The second kappa shape index (κ2) is 6.10. The highest BCUT2D eigenvalue weighted by Gasteiger charge is 2.38. The van der Waals surface area contributed by atoms with Gasteiger partial charge in [-0.15, -0.1) is 0 Å². The van der Waals surface area contributed by atoms with Crippen molar-refractivity contribution in [1.82, 2.24) is 10.3 Å². The lowest BCUT2D eigenvalue weighted by atomic mass is 9.89. The van der Waals surface area contributed by atoms with E-state index in [1.54, 1.807) is 0 Å². The van der Waals surface area contributed by atoms with Gasteiger partial charge in [-0.25, -0.2) is 0 Å². The van der Waals surface area contributed by atoms with E-state index in [2.05, 4.69) is 10.3 Å². The third-order valence-electron chi connectivity index (χ3n) is 3.62. The molecule has 0 aliphatic carbocycles. The molecule has 3 unspecified atom stereocenters. The average Bonchev–Trinajstić information content (AvgIpc) is 2.81. The van der Waals surface area contributed by atoms with Gasteiger partial charge in [0.25, 0.3) is 0 Å². The first-order valence-corrected chi connectivity index (χ1v) is 6.79. The van der Waals surface area contributed by atoms with E-state index in [0.717, 1.165) is 12.5 Å². The van der Waals surface area contributed by atoms with Crippen LogP contribution in [0.15, 0.2) is 18.5 Å². The lowest BCUT2D eigenvalue weighted by Gasteiger charge is -2.26. The monoisotopic (exact) mass is 288 g/mol. The molecule has 1 aromatic heterocycles.